The number of benzene rings is 1. The van der Waals surface area contributed by atoms with Crippen LogP contribution in [0.4, 0.5) is 10.5 Å². The summed E-state index contributed by atoms with van der Waals surface area (Å²) in [5.74, 6) is 0. The number of aryl methyl sites for hydroxylation is 1. The zero-order valence-corrected chi connectivity index (χ0v) is 13.7. The maximum Gasteiger partial charge on any atom is 0.322 e. The Morgan fingerprint density at radius 2 is 2.13 bits per heavy atom. The fraction of sp³-hybridized carbons (Fsp3) is 0.167. The molecule has 3 aromatic rings. The van der Waals surface area contributed by atoms with Gasteiger partial charge in [-0.25, -0.2) is 4.79 Å². The van der Waals surface area contributed by atoms with Crippen LogP contribution in [0.2, 0.25) is 0 Å². The Hall–Kier alpha value is -2.53. The highest BCUT2D eigenvalue weighted by Crippen LogP contribution is 2.17. The van der Waals surface area contributed by atoms with Crippen molar-refractivity contribution < 1.29 is 9.21 Å². The molecule has 0 atom stereocenters. The largest absolute Gasteiger partial charge is 0.472 e. The lowest BCUT2D eigenvalue weighted by Gasteiger charge is -2.22. The number of thiophene rings is 1. The van der Waals surface area contributed by atoms with Crippen molar-refractivity contribution in [1.82, 2.24) is 4.90 Å². The van der Waals surface area contributed by atoms with Crippen molar-refractivity contribution in [1.29, 1.82) is 0 Å². The monoisotopic (exact) mass is 326 g/mol. The molecule has 0 fully saturated rings. The van der Waals surface area contributed by atoms with Gasteiger partial charge in [-0.05, 0) is 42.1 Å². The molecule has 0 saturated carbocycles. The third-order valence-electron chi connectivity index (χ3n) is 3.44. The molecule has 4 nitrogen and oxygen atoms in total. The molecule has 0 unspecified atom stereocenters. The average Bonchev–Trinajstić information content (AvgIpc) is 3.20. The van der Waals surface area contributed by atoms with Gasteiger partial charge in [-0.3, -0.25) is 0 Å². The highest BCUT2D eigenvalue weighted by Gasteiger charge is 2.16. The first-order valence-corrected chi connectivity index (χ1v) is 8.25. The molecular formula is C18H18N2O2S. The zero-order valence-electron chi connectivity index (χ0n) is 12.9. The predicted molar refractivity (Wildman–Crippen MR) is 92.5 cm³/mol. The predicted octanol–water partition coefficient (Wildman–Crippen LogP) is 4.88. The number of carbonyl (C=O) groups excluding carboxylic acids is 1. The number of anilines is 1. The van der Waals surface area contributed by atoms with E-state index in [1.165, 1.54) is 0 Å². The smallest absolute Gasteiger partial charge is 0.322 e. The van der Waals surface area contributed by atoms with Gasteiger partial charge in [-0.1, -0.05) is 18.2 Å². The Kier molecular flexibility index (Phi) is 4.78. The molecule has 1 aromatic carbocycles. The Morgan fingerprint density at radius 1 is 1.22 bits per heavy atom. The van der Waals surface area contributed by atoms with E-state index in [2.05, 4.69) is 5.32 Å². The van der Waals surface area contributed by atoms with E-state index >= 15 is 0 Å². The second kappa shape index (κ2) is 7.15. The third kappa shape index (κ3) is 4.23. The van der Waals surface area contributed by atoms with Gasteiger partial charge in [-0.2, -0.15) is 0 Å². The lowest BCUT2D eigenvalue weighted by Crippen LogP contribution is -2.33. The molecule has 0 radical (unpaired) electrons. The molecular weight excluding hydrogens is 308 g/mol. The van der Waals surface area contributed by atoms with Gasteiger partial charge in [0.25, 0.3) is 0 Å². The van der Waals surface area contributed by atoms with E-state index in [-0.39, 0.29) is 6.03 Å². The summed E-state index contributed by atoms with van der Waals surface area (Å²) in [7, 11) is 0. The average molecular weight is 326 g/mol. The number of urea groups is 1. The van der Waals surface area contributed by atoms with E-state index in [4.69, 9.17) is 4.42 Å². The number of nitrogens with zero attached hydrogens (tertiary/aromatic N) is 1. The molecule has 2 heterocycles. The Morgan fingerprint density at radius 3 is 2.83 bits per heavy atom. The summed E-state index contributed by atoms with van der Waals surface area (Å²) in [4.78, 5) is 15.6. The first kappa shape index (κ1) is 15.4. The minimum Gasteiger partial charge on any atom is -0.472 e. The number of rotatable bonds is 5. The quantitative estimate of drug-likeness (QED) is 0.726. The summed E-state index contributed by atoms with van der Waals surface area (Å²) >= 11 is 1.64. The first-order valence-electron chi connectivity index (χ1n) is 7.37. The summed E-state index contributed by atoms with van der Waals surface area (Å²) in [6.07, 6.45) is 3.29. The summed E-state index contributed by atoms with van der Waals surface area (Å²) in [5, 5.41) is 4.99. The summed E-state index contributed by atoms with van der Waals surface area (Å²) in [6, 6.07) is 13.6. The van der Waals surface area contributed by atoms with Crippen molar-refractivity contribution in [3.8, 4) is 0 Å². The van der Waals surface area contributed by atoms with Crippen LogP contribution in [0.15, 0.2) is 64.8 Å². The van der Waals surface area contributed by atoms with Crippen molar-refractivity contribution in [2.75, 3.05) is 5.32 Å². The van der Waals surface area contributed by atoms with Crippen LogP contribution >= 0.6 is 11.3 Å². The van der Waals surface area contributed by atoms with E-state index in [1.54, 1.807) is 28.8 Å². The van der Waals surface area contributed by atoms with Gasteiger partial charge in [0.05, 0.1) is 25.6 Å². The van der Waals surface area contributed by atoms with E-state index in [0.717, 1.165) is 21.7 Å². The Labute approximate surface area is 139 Å². The molecule has 118 valence electrons. The standard InChI is InChI=1S/C18H18N2O2S/c1-14-4-2-5-16(10-14)19-18(21)20(11-15-7-8-22-13-15)12-17-6-3-9-23-17/h2-10,13H,11-12H2,1H3,(H,19,21). The van der Waals surface area contributed by atoms with Crippen LogP contribution in [0.3, 0.4) is 0 Å². The van der Waals surface area contributed by atoms with Gasteiger partial charge in [0.2, 0.25) is 0 Å². The van der Waals surface area contributed by atoms with E-state index in [1.807, 2.05) is 54.8 Å². The second-order valence-corrected chi connectivity index (χ2v) is 6.40. The fourth-order valence-corrected chi connectivity index (χ4v) is 3.04. The molecule has 5 heteroatoms. The van der Waals surface area contributed by atoms with Crippen molar-refractivity contribution in [3.63, 3.8) is 0 Å². The number of hydrogen-bond donors (Lipinski definition) is 1. The maximum absolute atomic E-state index is 12.7. The molecule has 3 rings (SSSR count). The number of furan rings is 1. The normalized spacial score (nSPS) is 10.5. The van der Waals surface area contributed by atoms with Crippen molar-refractivity contribution in [2.24, 2.45) is 0 Å². The van der Waals surface area contributed by atoms with Gasteiger partial charge in [0.15, 0.2) is 0 Å². The molecule has 23 heavy (non-hydrogen) atoms. The van der Waals surface area contributed by atoms with Crippen LogP contribution in [0.25, 0.3) is 0 Å². The lowest BCUT2D eigenvalue weighted by molar-refractivity contribution is 0.207. The van der Waals surface area contributed by atoms with E-state index in [0.29, 0.717) is 13.1 Å². The van der Waals surface area contributed by atoms with Crippen LogP contribution in [0, 0.1) is 6.92 Å². The lowest BCUT2D eigenvalue weighted by atomic mass is 10.2. The molecule has 2 amide bonds. The van der Waals surface area contributed by atoms with Crippen LogP contribution in [-0.4, -0.2) is 10.9 Å². The molecule has 0 spiro atoms. The minimum atomic E-state index is -0.120. The third-order valence-corrected chi connectivity index (χ3v) is 4.30. The van der Waals surface area contributed by atoms with Crippen LogP contribution in [0.1, 0.15) is 16.0 Å². The minimum absolute atomic E-state index is 0.120. The van der Waals surface area contributed by atoms with Crippen molar-refractivity contribution in [2.45, 2.75) is 20.0 Å². The van der Waals surface area contributed by atoms with E-state index in [9.17, 15) is 4.79 Å². The highest BCUT2D eigenvalue weighted by atomic mass is 32.1. The molecule has 0 bridgehead atoms. The molecule has 0 aliphatic heterocycles. The molecule has 0 saturated heterocycles. The van der Waals surface area contributed by atoms with Gasteiger partial charge >= 0.3 is 6.03 Å². The molecule has 0 aliphatic rings. The van der Waals surface area contributed by atoms with Crippen LogP contribution < -0.4 is 5.32 Å². The van der Waals surface area contributed by atoms with Gasteiger partial charge in [-0.15, -0.1) is 11.3 Å². The Bertz CT molecular complexity index is 715. The number of carbonyl (C=O) groups is 1. The Balaban J connectivity index is 1.74. The summed E-state index contributed by atoms with van der Waals surface area (Å²) in [6.45, 7) is 3.08. The van der Waals surface area contributed by atoms with Crippen molar-refractivity contribution in [3.05, 3.63) is 76.4 Å². The van der Waals surface area contributed by atoms with Crippen molar-refractivity contribution >= 4 is 23.1 Å². The summed E-state index contributed by atoms with van der Waals surface area (Å²) < 4.78 is 5.11. The highest BCUT2D eigenvalue weighted by molar-refractivity contribution is 7.09. The number of nitrogens with one attached hydrogen (secondary N) is 1. The van der Waals surface area contributed by atoms with Crippen LogP contribution in [-0.2, 0) is 13.1 Å². The summed E-state index contributed by atoms with van der Waals surface area (Å²) in [5.41, 5.74) is 2.89. The number of hydrogen-bond acceptors (Lipinski definition) is 3. The second-order valence-electron chi connectivity index (χ2n) is 5.37. The van der Waals surface area contributed by atoms with Gasteiger partial charge < -0.3 is 14.6 Å². The molecule has 0 aliphatic carbocycles. The first-order chi connectivity index (χ1) is 11.2. The van der Waals surface area contributed by atoms with Gasteiger partial charge in [0.1, 0.15) is 0 Å². The maximum atomic E-state index is 12.7. The molecule has 2 aromatic heterocycles. The van der Waals surface area contributed by atoms with E-state index < -0.39 is 0 Å². The number of amides is 2. The topological polar surface area (TPSA) is 45.5 Å². The van der Waals surface area contributed by atoms with Gasteiger partial charge in [0, 0.05) is 16.1 Å². The van der Waals surface area contributed by atoms with Crippen LogP contribution in [0.5, 0.6) is 0 Å². The molecule has 1 N–H and O–H groups in total. The SMILES string of the molecule is Cc1cccc(NC(=O)N(Cc2ccoc2)Cc2cccs2)c1. The fourth-order valence-electron chi connectivity index (χ4n) is 2.32. The zero-order chi connectivity index (χ0) is 16.1.